The maximum atomic E-state index is 11.0. The molecule has 13 heavy (non-hydrogen) atoms. The van der Waals surface area contributed by atoms with Crippen LogP contribution in [0.15, 0.2) is 0 Å². The highest BCUT2D eigenvalue weighted by Crippen LogP contribution is 1.79. The Hall–Kier alpha value is -0.610. The SMILES string of the molecule is CCCNC(=O)CCNCCCO. The zero-order chi connectivity index (χ0) is 9.94. The third-order valence-electron chi connectivity index (χ3n) is 1.61. The van der Waals surface area contributed by atoms with Gasteiger partial charge in [-0.1, -0.05) is 6.92 Å². The second-order valence-corrected chi connectivity index (χ2v) is 2.93. The van der Waals surface area contributed by atoms with Crippen molar-refractivity contribution in [3.63, 3.8) is 0 Å². The topological polar surface area (TPSA) is 61.4 Å². The van der Waals surface area contributed by atoms with Gasteiger partial charge in [-0.25, -0.2) is 0 Å². The average molecular weight is 188 g/mol. The minimum Gasteiger partial charge on any atom is -0.396 e. The molecule has 4 nitrogen and oxygen atoms in total. The molecule has 0 aliphatic heterocycles. The van der Waals surface area contributed by atoms with Crippen LogP contribution in [0.4, 0.5) is 0 Å². The summed E-state index contributed by atoms with van der Waals surface area (Å²) in [7, 11) is 0. The first-order valence-electron chi connectivity index (χ1n) is 4.89. The van der Waals surface area contributed by atoms with Crippen LogP contribution in [0.25, 0.3) is 0 Å². The van der Waals surface area contributed by atoms with Crippen LogP contribution >= 0.6 is 0 Å². The van der Waals surface area contributed by atoms with Crippen LogP contribution in [-0.4, -0.2) is 37.3 Å². The fourth-order valence-corrected chi connectivity index (χ4v) is 0.884. The van der Waals surface area contributed by atoms with Crippen molar-refractivity contribution >= 4 is 5.91 Å². The molecule has 0 rings (SSSR count). The van der Waals surface area contributed by atoms with E-state index in [0.717, 1.165) is 25.9 Å². The van der Waals surface area contributed by atoms with Gasteiger partial charge in [0, 0.05) is 26.1 Å². The minimum absolute atomic E-state index is 0.0957. The van der Waals surface area contributed by atoms with Crippen molar-refractivity contribution in [3.8, 4) is 0 Å². The predicted molar refractivity (Wildman–Crippen MR) is 52.5 cm³/mol. The standard InChI is InChI=1S/C9H20N2O2/c1-2-5-11-9(13)4-7-10-6-3-8-12/h10,12H,2-8H2,1H3,(H,11,13). The molecule has 4 heteroatoms. The first kappa shape index (κ1) is 12.4. The number of carbonyl (C=O) groups is 1. The first-order chi connectivity index (χ1) is 6.31. The molecule has 0 aromatic heterocycles. The van der Waals surface area contributed by atoms with E-state index in [-0.39, 0.29) is 12.5 Å². The number of hydrogen-bond donors (Lipinski definition) is 3. The average Bonchev–Trinajstić information content (AvgIpc) is 2.14. The molecule has 0 atom stereocenters. The van der Waals surface area contributed by atoms with Gasteiger partial charge >= 0.3 is 0 Å². The first-order valence-corrected chi connectivity index (χ1v) is 4.89. The number of aliphatic hydroxyl groups excluding tert-OH is 1. The maximum Gasteiger partial charge on any atom is 0.221 e. The molecular weight excluding hydrogens is 168 g/mol. The van der Waals surface area contributed by atoms with Gasteiger partial charge < -0.3 is 15.7 Å². The Balaban J connectivity index is 3.08. The Morgan fingerprint density at radius 3 is 2.69 bits per heavy atom. The molecule has 0 saturated carbocycles. The second kappa shape index (κ2) is 9.48. The smallest absolute Gasteiger partial charge is 0.221 e. The van der Waals surface area contributed by atoms with Crippen molar-refractivity contribution in [3.05, 3.63) is 0 Å². The zero-order valence-electron chi connectivity index (χ0n) is 8.31. The minimum atomic E-state index is 0.0957. The molecule has 0 fully saturated rings. The number of rotatable bonds is 8. The summed E-state index contributed by atoms with van der Waals surface area (Å²) in [4.78, 5) is 11.0. The van der Waals surface area contributed by atoms with Crippen LogP contribution < -0.4 is 10.6 Å². The van der Waals surface area contributed by atoms with Crippen LogP contribution in [0, 0.1) is 0 Å². The van der Waals surface area contributed by atoms with Gasteiger partial charge in [-0.2, -0.15) is 0 Å². The summed E-state index contributed by atoms with van der Waals surface area (Å²) in [5, 5.41) is 14.3. The van der Waals surface area contributed by atoms with Crippen molar-refractivity contribution in [1.29, 1.82) is 0 Å². The maximum absolute atomic E-state index is 11.0. The van der Waals surface area contributed by atoms with E-state index < -0.39 is 0 Å². The van der Waals surface area contributed by atoms with Crippen molar-refractivity contribution in [2.24, 2.45) is 0 Å². The fraction of sp³-hybridized carbons (Fsp3) is 0.889. The molecule has 0 bridgehead atoms. The van der Waals surface area contributed by atoms with Gasteiger partial charge in [-0.3, -0.25) is 4.79 Å². The Kier molecular flexibility index (Phi) is 9.03. The van der Waals surface area contributed by atoms with Crippen molar-refractivity contribution in [2.75, 3.05) is 26.2 Å². The number of carbonyl (C=O) groups excluding carboxylic acids is 1. The molecule has 78 valence electrons. The highest BCUT2D eigenvalue weighted by molar-refractivity contribution is 5.75. The number of hydrogen-bond acceptors (Lipinski definition) is 3. The van der Waals surface area contributed by atoms with E-state index in [1.807, 2.05) is 6.92 Å². The van der Waals surface area contributed by atoms with Gasteiger partial charge in [0.2, 0.25) is 5.91 Å². The van der Waals surface area contributed by atoms with E-state index in [1.54, 1.807) is 0 Å². The molecule has 0 aliphatic carbocycles. The lowest BCUT2D eigenvalue weighted by molar-refractivity contribution is -0.120. The Morgan fingerprint density at radius 1 is 1.31 bits per heavy atom. The van der Waals surface area contributed by atoms with Gasteiger partial charge in [0.05, 0.1) is 0 Å². The summed E-state index contributed by atoms with van der Waals surface area (Å²) in [5.74, 6) is 0.0957. The highest BCUT2D eigenvalue weighted by Gasteiger charge is 1.97. The van der Waals surface area contributed by atoms with E-state index in [1.165, 1.54) is 0 Å². The molecule has 3 N–H and O–H groups in total. The largest absolute Gasteiger partial charge is 0.396 e. The molecule has 0 radical (unpaired) electrons. The fourth-order valence-electron chi connectivity index (χ4n) is 0.884. The van der Waals surface area contributed by atoms with Crippen LogP contribution in [0.2, 0.25) is 0 Å². The monoisotopic (exact) mass is 188 g/mol. The quantitative estimate of drug-likeness (QED) is 0.465. The molecule has 0 heterocycles. The van der Waals surface area contributed by atoms with E-state index in [9.17, 15) is 4.79 Å². The van der Waals surface area contributed by atoms with Gasteiger partial charge in [-0.05, 0) is 19.4 Å². The van der Waals surface area contributed by atoms with E-state index in [4.69, 9.17) is 5.11 Å². The summed E-state index contributed by atoms with van der Waals surface area (Å²) >= 11 is 0. The van der Waals surface area contributed by atoms with Crippen molar-refractivity contribution < 1.29 is 9.90 Å². The Morgan fingerprint density at radius 2 is 2.08 bits per heavy atom. The summed E-state index contributed by atoms with van der Waals surface area (Å²) in [6.07, 6.45) is 2.24. The van der Waals surface area contributed by atoms with E-state index in [2.05, 4.69) is 10.6 Å². The summed E-state index contributed by atoms with van der Waals surface area (Å²) in [6, 6.07) is 0. The molecule has 0 aromatic rings. The summed E-state index contributed by atoms with van der Waals surface area (Å²) < 4.78 is 0. The van der Waals surface area contributed by atoms with E-state index >= 15 is 0 Å². The van der Waals surface area contributed by atoms with Crippen LogP contribution in [0.1, 0.15) is 26.2 Å². The molecule has 0 saturated heterocycles. The molecule has 0 unspecified atom stereocenters. The third kappa shape index (κ3) is 9.30. The van der Waals surface area contributed by atoms with Crippen molar-refractivity contribution in [1.82, 2.24) is 10.6 Å². The number of amides is 1. The third-order valence-corrected chi connectivity index (χ3v) is 1.61. The van der Waals surface area contributed by atoms with Gasteiger partial charge in [0.15, 0.2) is 0 Å². The van der Waals surface area contributed by atoms with Crippen molar-refractivity contribution in [2.45, 2.75) is 26.2 Å². The van der Waals surface area contributed by atoms with Crippen LogP contribution in [-0.2, 0) is 4.79 Å². The van der Waals surface area contributed by atoms with Gasteiger partial charge in [0.1, 0.15) is 0 Å². The molecule has 0 spiro atoms. The Bertz CT molecular complexity index is 129. The Labute approximate surface area is 79.7 Å². The van der Waals surface area contributed by atoms with Gasteiger partial charge in [0.25, 0.3) is 0 Å². The van der Waals surface area contributed by atoms with Gasteiger partial charge in [-0.15, -0.1) is 0 Å². The lowest BCUT2D eigenvalue weighted by atomic mass is 10.3. The second-order valence-electron chi connectivity index (χ2n) is 2.93. The van der Waals surface area contributed by atoms with Crippen LogP contribution in [0.5, 0.6) is 0 Å². The normalized spacial score (nSPS) is 10.0. The molecular formula is C9H20N2O2. The molecule has 0 aliphatic rings. The van der Waals surface area contributed by atoms with E-state index in [0.29, 0.717) is 13.0 Å². The number of nitrogens with one attached hydrogen (secondary N) is 2. The summed E-state index contributed by atoms with van der Waals surface area (Å²) in [5.41, 5.74) is 0. The number of aliphatic hydroxyl groups is 1. The zero-order valence-corrected chi connectivity index (χ0v) is 8.31. The summed E-state index contributed by atoms with van der Waals surface area (Å²) in [6.45, 7) is 4.46. The molecule has 1 amide bonds. The predicted octanol–water partition coefficient (Wildman–Crippen LogP) is -0.125. The highest BCUT2D eigenvalue weighted by atomic mass is 16.3. The van der Waals surface area contributed by atoms with Crippen LogP contribution in [0.3, 0.4) is 0 Å². The lowest BCUT2D eigenvalue weighted by Crippen LogP contribution is -2.28. The molecule has 0 aromatic carbocycles. The lowest BCUT2D eigenvalue weighted by Gasteiger charge is -2.04.